The molecule has 0 radical (unpaired) electrons. The lowest BCUT2D eigenvalue weighted by Gasteiger charge is -1.95. The van der Waals surface area contributed by atoms with Crippen molar-refractivity contribution in [3.05, 3.63) is 11.1 Å². The average molecular weight is 145 g/mol. The number of hydrogen-bond acceptors (Lipinski definition) is 3. The van der Waals surface area contributed by atoms with Crippen molar-refractivity contribution >= 4 is 18.5 Å². The lowest BCUT2D eigenvalue weighted by Crippen LogP contribution is -1.79. The molecule has 0 spiro atoms. The van der Waals surface area contributed by atoms with Gasteiger partial charge in [0.05, 0.1) is 5.94 Å². The molecule has 0 unspecified atom stereocenters. The molecule has 0 amide bonds. The Kier molecular flexibility index (Phi) is 5.67. The molecule has 0 N–H and O–H groups in total. The zero-order valence-electron chi connectivity index (χ0n) is 5.76. The number of nitrogens with zero attached hydrogens (tertiary/aromatic N) is 1. The van der Waals surface area contributed by atoms with Crippen LogP contribution in [0.5, 0.6) is 0 Å². The number of aliphatic imine (C=N–C) groups is 1. The van der Waals surface area contributed by atoms with Crippen molar-refractivity contribution in [1.29, 1.82) is 0 Å². The van der Waals surface area contributed by atoms with Crippen molar-refractivity contribution < 1.29 is 4.74 Å². The van der Waals surface area contributed by atoms with Gasteiger partial charge in [0.15, 0.2) is 0 Å². The van der Waals surface area contributed by atoms with Crippen LogP contribution in [-0.2, 0) is 4.74 Å². The highest BCUT2D eigenvalue weighted by molar-refractivity contribution is 8.02. The normalized spacial score (nSPS) is 11.6. The SMILES string of the molecule is C=N/C=C(/C)SCOC. The van der Waals surface area contributed by atoms with Crippen LogP contribution in [0.1, 0.15) is 6.92 Å². The molecule has 0 aromatic rings. The topological polar surface area (TPSA) is 21.6 Å². The summed E-state index contributed by atoms with van der Waals surface area (Å²) in [6.45, 7) is 5.30. The van der Waals surface area contributed by atoms with Gasteiger partial charge in [-0.2, -0.15) is 0 Å². The van der Waals surface area contributed by atoms with E-state index >= 15 is 0 Å². The Labute approximate surface area is 60.0 Å². The van der Waals surface area contributed by atoms with E-state index in [1.807, 2.05) is 6.92 Å². The summed E-state index contributed by atoms with van der Waals surface area (Å²) >= 11 is 1.61. The van der Waals surface area contributed by atoms with E-state index in [0.717, 1.165) is 4.91 Å². The maximum Gasteiger partial charge on any atom is 0.0960 e. The highest BCUT2D eigenvalue weighted by Crippen LogP contribution is 2.13. The predicted octanol–water partition coefficient (Wildman–Crippen LogP) is 1.89. The van der Waals surface area contributed by atoms with Crippen LogP contribution in [0.2, 0.25) is 0 Å². The highest BCUT2D eigenvalue weighted by atomic mass is 32.2. The van der Waals surface area contributed by atoms with Gasteiger partial charge in [0.25, 0.3) is 0 Å². The van der Waals surface area contributed by atoms with Crippen LogP contribution in [0.3, 0.4) is 0 Å². The number of allylic oxidation sites excluding steroid dienone is 1. The number of rotatable bonds is 4. The molecule has 0 saturated carbocycles. The molecule has 0 aliphatic carbocycles. The lowest BCUT2D eigenvalue weighted by atomic mass is 10.7. The molecule has 0 aromatic carbocycles. The molecule has 2 nitrogen and oxygen atoms in total. The molecule has 3 heteroatoms. The van der Waals surface area contributed by atoms with Gasteiger partial charge in [-0.15, -0.1) is 11.8 Å². The predicted molar refractivity (Wildman–Crippen MR) is 42.8 cm³/mol. The minimum absolute atomic E-state index is 0.678. The first-order valence-electron chi connectivity index (χ1n) is 2.55. The van der Waals surface area contributed by atoms with E-state index in [-0.39, 0.29) is 0 Å². The Morgan fingerprint density at radius 3 is 3.00 bits per heavy atom. The molecule has 0 fully saturated rings. The molecule has 0 atom stereocenters. The van der Waals surface area contributed by atoms with E-state index in [1.54, 1.807) is 25.1 Å². The first-order valence-corrected chi connectivity index (χ1v) is 3.54. The van der Waals surface area contributed by atoms with Crippen LogP contribution in [0.15, 0.2) is 16.1 Å². The van der Waals surface area contributed by atoms with Gasteiger partial charge >= 0.3 is 0 Å². The quantitative estimate of drug-likeness (QED) is 0.445. The van der Waals surface area contributed by atoms with Crippen LogP contribution in [0, 0.1) is 0 Å². The summed E-state index contributed by atoms with van der Waals surface area (Å²) in [5.74, 6) is 0.678. The van der Waals surface area contributed by atoms with E-state index in [2.05, 4.69) is 11.7 Å². The average Bonchev–Trinajstić information content (AvgIpc) is 1.85. The third-order valence-electron chi connectivity index (χ3n) is 0.678. The molecule has 9 heavy (non-hydrogen) atoms. The van der Waals surface area contributed by atoms with Crippen molar-refractivity contribution in [1.82, 2.24) is 0 Å². The maximum absolute atomic E-state index is 4.82. The standard InChI is InChI=1S/C6H11NOS/c1-6(4-7-2)9-5-8-3/h4H,2,5H2,1,3H3/b6-4-. The van der Waals surface area contributed by atoms with Crippen LogP contribution >= 0.6 is 11.8 Å². The fraction of sp³-hybridized carbons (Fsp3) is 0.500. The number of hydrogen-bond donors (Lipinski definition) is 0. The third-order valence-corrected chi connectivity index (χ3v) is 1.59. The summed E-state index contributed by atoms with van der Waals surface area (Å²) in [5, 5.41) is 0. The monoisotopic (exact) mass is 145 g/mol. The molecule has 0 heterocycles. The maximum atomic E-state index is 4.82. The number of methoxy groups -OCH3 is 1. The summed E-state index contributed by atoms with van der Waals surface area (Å²) < 4.78 is 4.82. The second-order valence-electron chi connectivity index (χ2n) is 1.47. The number of ether oxygens (including phenoxy) is 1. The van der Waals surface area contributed by atoms with Crippen molar-refractivity contribution in [2.75, 3.05) is 13.0 Å². The van der Waals surface area contributed by atoms with Gasteiger partial charge in [-0.05, 0) is 13.6 Å². The molecular formula is C6H11NOS. The smallest absolute Gasteiger partial charge is 0.0960 e. The Balaban J connectivity index is 3.36. The highest BCUT2D eigenvalue weighted by Gasteiger charge is 1.85. The summed E-state index contributed by atoms with van der Waals surface area (Å²) in [4.78, 5) is 4.72. The Morgan fingerprint density at radius 2 is 2.56 bits per heavy atom. The first-order chi connectivity index (χ1) is 4.31. The summed E-state index contributed by atoms with van der Waals surface area (Å²) in [6, 6.07) is 0. The molecular weight excluding hydrogens is 134 g/mol. The van der Waals surface area contributed by atoms with E-state index in [9.17, 15) is 0 Å². The number of thioether (sulfide) groups is 1. The Morgan fingerprint density at radius 1 is 1.89 bits per heavy atom. The molecule has 0 aliphatic heterocycles. The summed E-state index contributed by atoms with van der Waals surface area (Å²) in [7, 11) is 1.67. The molecule has 52 valence electrons. The van der Waals surface area contributed by atoms with Gasteiger partial charge in [-0.1, -0.05) is 0 Å². The van der Waals surface area contributed by atoms with E-state index in [0.29, 0.717) is 5.94 Å². The van der Waals surface area contributed by atoms with Crippen molar-refractivity contribution in [2.24, 2.45) is 4.99 Å². The van der Waals surface area contributed by atoms with Gasteiger partial charge in [-0.3, -0.25) is 4.99 Å². The van der Waals surface area contributed by atoms with Crippen molar-refractivity contribution in [3.8, 4) is 0 Å². The van der Waals surface area contributed by atoms with Crippen LogP contribution < -0.4 is 0 Å². The second-order valence-corrected chi connectivity index (χ2v) is 2.64. The lowest BCUT2D eigenvalue weighted by molar-refractivity contribution is 0.259. The largest absolute Gasteiger partial charge is 0.374 e. The van der Waals surface area contributed by atoms with E-state index in [4.69, 9.17) is 4.74 Å². The Hall–Kier alpha value is -0.280. The second kappa shape index (κ2) is 5.85. The van der Waals surface area contributed by atoms with Gasteiger partial charge < -0.3 is 4.74 Å². The minimum atomic E-state index is 0.678. The van der Waals surface area contributed by atoms with E-state index in [1.165, 1.54) is 0 Å². The minimum Gasteiger partial charge on any atom is -0.374 e. The molecule has 0 rings (SSSR count). The van der Waals surface area contributed by atoms with Gasteiger partial charge in [0.1, 0.15) is 0 Å². The van der Waals surface area contributed by atoms with Crippen LogP contribution in [0.25, 0.3) is 0 Å². The van der Waals surface area contributed by atoms with Crippen LogP contribution in [0.4, 0.5) is 0 Å². The van der Waals surface area contributed by atoms with Gasteiger partial charge in [-0.25, -0.2) is 0 Å². The van der Waals surface area contributed by atoms with Gasteiger partial charge in [0, 0.05) is 18.2 Å². The summed E-state index contributed by atoms with van der Waals surface area (Å²) in [6.07, 6.45) is 1.71. The molecule has 0 saturated heterocycles. The zero-order valence-corrected chi connectivity index (χ0v) is 6.57. The Bertz CT molecular complexity index is 112. The van der Waals surface area contributed by atoms with Crippen molar-refractivity contribution in [3.63, 3.8) is 0 Å². The fourth-order valence-corrected chi connectivity index (χ4v) is 0.771. The zero-order chi connectivity index (χ0) is 7.11. The fourth-order valence-electron chi connectivity index (χ4n) is 0.318. The third kappa shape index (κ3) is 5.59. The van der Waals surface area contributed by atoms with E-state index < -0.39 is 0 Å². The first kappa shape index (κ1) is 8.72. The molecule has 0 aromatic heterocycles. The molecule has 0 aliphatic rings. The summed E-state index contributed by atoms with van der Waals surface area (Å²) in [5.41, 5.74) is 0. The molecule has 0 bridgehead atoms. The van der Waals surface area contributed by atoms with Gasteiger partial charge in [0.2, 0.25) is 0 Å². The van der Waals surface area contributed by atoms with Crippen molar-refractivity contribution in [2.45, 2.75) is 6.92 Å². The van der Waals surface area contributed by atoms with Crippen LogP contribution in [-0.4, -0.2) is 19.8 Å².